The van der Waals surface area contributed by atoms with Crippen LogP contribution < -0.4 is 0 Å². The molecule has 0 bridgehead atoms. The minimum absolute atomic E-state index is 0.219. The van der Waals surface area contributed by atoms with E-state index in [2.05, 4.69) is 17.1 Å². The van der Waals surface area contributed by atoms with Gasteiger partial charge in [-0.15, -0.1) is 5.10 Å². The van der Waals surface area contributed by atoms with Gasteiger partial charge in [0.1, 0.15) is 5.82 Å². The molecule has 5 heteroatoms. The van der Waals surface area contributed by atoms with Crippen molar-refractivity contribution in [2.24, 2.45) is 5.92 Å². The van der Waals surface area contributed by atoms with Crippen LogP contribution >= 0.6 is 23.2 Å². The van der Waals surface area contributed by atoms with E-state index in [9.17, 15) is 4.39 Å². The number of hydrogen-bond donors (Lipinski definition) is 0. The maximum absolute atomic E-state index is 14.5. The first kappa shape index (κ1) is 16.7. The van der Waals surface area contributed by atoms with Crippen molar-refractivity contribution in [3.63, 3.8) is 0 Å². The Bertz CT molecular complexity index is 705. The fourth-order valence-corrected chi connectivity index (χ4v) is 4.03. The van der Waals surface area contributed by atoms with Crippen molar-refractivity contribution in [3.05, 3.63) is 45.4 Å². The van der Waals surface area contributed by atoms with Gasteiger partial charge in [-0.25, -0.2) is 4.39 Å². The maximum Gasteiger partial charge on any atom is 0.159 e. The maximum atomic E-state index is 14.5. The summed E-state index contributed by atoms with van der Waals surface area (Å²) in [5.41, 5.74) is 2.76. The molecule has 0 saturated heterocycles. The summed E-state index contributed by atoms with van der Waals surface area (Å²) >= 11 is 12.6. The third-order valence-electron chi connectivity index (χ3n) is 4.79. The second-order valence-electron chi connectivity index (χ2n) is 6.42. The van der Waals surface area contributed by atoms with Crippen molar-refractivity contribution in [2.45, 2.75) is 45.4 Å². The quantitative estimate of drug-likeness (QED) is 0.643. The monoisotopic (exact) mass is 352 g/mol. The molecule has 0 spiro atoms. The first-order valence-electron chi connectivity index (χ1n) is 7.96. The van der Waals surface area contributed by atoms with E-state index in [0.29, 0.717) is 22.1 Å². The molecule has 1 fully saturated rings. The Labute approximate surface area is 146 Å². The first-order valence-corrected chi connectivity index (χ1v) is 8.71. The lowest BCUT2D eigenvalue weighted by atomic mass is 9.77. The normalized spacial score (nSPS) is 21.4. The number of hydrogen-bond acceptors (Lipinski definition) is 2. The first-order chi connectivity index (χ1) is 11.0. The highest BCUT2D eigenvalue weighted by Gasteiger charge is 2.28. The van der Waals surface area contributed by atoms with E-state index in [-0.39, 0.29) is 11.0 Å². The van der Waals surface area contributed by atoms with E-state index in [4.69, 9.17) is 23.2 Å². The van der Waals surface area contributed by atoms with Crippen LogP contribution in [0.2, 0.25) is 10.2 Å². The van der Waals surface area contributed by atoms with Crippen molar-refractivity contribution in [3.8, 4) is 11.1 Å². The minimum atomic E-state index is -0.378. The third kappa shape index (κ3) is 3.22. The van der Waals surface area contributed by atoms with Gasteiger partial charge in [-0.3, -0.25) is 0 Å². The lowest BCUT2D eigenvalue weighted by molar-refractivity contribution is 0.347. The molecule has 0 radical (unpaired) electrons. The highest BCUT2D eigenvalue weighted by atomic mass is 35.5. The fourth-order valence-electron chi connectivity index (χ4n) is 3.54. The van der Waals surface area contributed by atoms with Gasteiger partial charge in [-0.2, -0.15) is 5.10 Å². The van der Waals surface area contributed by atoms with Crippen molar-refractivity contribution in [2.75, 3.05) is 0 Å². The minimum Gasteiger partial charge on any atom is -0.206 e. The Morgan fingerprint density at radius 2 is 1.74 bits per heavy atom. The van der Waals surface area contributed by atoms with E-state index in [0.717, 1.165) is 42.9 Å². The number of halogens is 3. The number of rotatable bonds is 2. The zero-order valence-electron chi connectivity index (χ0n) is 13.2. The van der Waals surface area contributed by atoms with Crippen molar-refractivity contribution in [1.82, 2.24) is 10.2 Å². The second kappa shape index (κ2) is 6.74. The molecule has 0 aliphatic heterocycles. The molecule has 2 aromatic rings. The molecule has 0 atom stereocenters. The summed E-state index contributed by atoms with van der Waals surface area (Å²) in [5.74, 6) is 0.680. The van der Waals surface area contributed by atoms with Crippen LogP contribution in [0.1, 0.15) is 49.8 Å². The summed E-state index contributed by atoms with van der Waals surface area (Å²) in [6.45, 7) is 4.18. The van der Waals surface area contributed by atoms with E-state index < -0.39 is 0 Å². The van der Waals surface area contributed by atoms with Crippen LogP contribution in [0.3, 0.4) is 0 Å². The molecule has 23 heavy (non-hydrogen) atoms. The molecule has 0 N–H and O–H groups in total. The van der Waals surface area contributed by atoms with Crippen molar-refractivity contribution < 1.29 is 4.39 Å². The molecule has 0 amide bonds. The highest BCUT2D eigenvalue weighted by molar-refractivity contribution is 6.36. The van der Waals surface area contributed by atoms with E-state index in [1.807, 2.05) is 6.92 Å². The number of benzene rings is 1. The highest BCUT2D eigenvalue weighted by Crippen LogP contribution is 2.45. The van der Waals surface area contributed by atoms with Crippen LogP contribution in [0.5, 0.6) is 0 Å². The lowest BCUT2D eigenvalue weighted by Crippen LogP contribution is -2.14. The van der Waals surface area contributed by atoms with Crippen molar-refractivity contribution in [1.29, 1.82) is 0 Å². The molecule has 3 rings (SSSR count). The Morgan fingerprint density at radius 1 is 1.04 bits per heavy atom. The Kier molecular flexibility index (Phi) is 4.88. The summed E-state index contributed by atoms with van der Waals surface area (Å²) in [4.78, 5) is 0. The standard InChI is InChI=1S/C18H19Cl2FN2/c1-10-6-8-12(9-7-10)15-11(2)22-23-18(20)17(15)16-13(19)4-3-5-14(16)21/h3-5,10,12H,6-9H2,1-2H3. The van der Waals surface area contributed by atoms with Crippen LogP contribution in [0.4, 0.5) is 4.39 Å². The predicted molar refractivity (Wildman–Crippen MR) is 92.6 cm³/mol. The van der Waals surface area contributed by atoms with Gasteiger partial charge in [-0.1, -0.05) is 49.0 Å². The molecule has 1 aromatic heterocycles. The third-order valence-corrected chi connectivity index (χ3v) is 5.37. The van der Waals surface area contributed by atoms with Crippen LogP contribution in [-0.4, -0.2) is 10.2 Å². The molecule has 2 nitrogen and oxygen atoms in total. The van der Waals surface area contributed by atoms with Crippen LogP contribution in [0.15, 0.2) is 18.2 Å². The van der Waals surface area contributed by atoms with Gasteiger partial charge in [0.2, 0.25) is 0 Å². The van der Waals surface area contributed by atoms with Gasteiger partial charge in [0.15, 0.2) is 5.15 Å². The zero-order chi connectivity index (χ0) is 16.6. The topological polar surface area (TPSA) is 25.8 Å². The van der Waals surface area contributed by atoms with E-state index in [1.54, 1.807) is 12.1 Å². The number of nitrogens with zero attached hydrogens (tertiary/aromatic N) is 2. The molecule has 122 valence electrons. The van der Waals surface area contributed by atoms with Gasteiger partial charge < -0.3 is 0 Å². The molecule has 1 aromatic carbocycles. The van der Waals surface area contributed by atoms with Crippen LogP contribution in [-0.2, 0) is 0 Å². The summed E-state index contributed by atoms with van der Waals surface area (Å²) in [6, 6.07) is 4.68. The zero-order valence-corrected chi connectivity index (χ0v) is 14.8. The van der Waals surface area contributed by atoms with E-state index >= 15 is 0 Å². The Morgan fingerprint density at radius 3 is 2.39 bits per heavy atom. The summed E-state index contributed by atoms with van der Waals surface area (Å²) in [7, 11) is 0. The van der Waals surface area contributed by atoms with Crippen LogP contribution in [0.25, 0.3) is 11.1 Å². The molecular formula is C18H19Cl2FN2. The van der Waals surface area contributed by atoms with Crippen molar-refractivity contribution >= 4 is 23.2 Å². The Hall–Kier alpha value is -1.19. The largest absolute Gasteiger partial charge is 0.206 e. The summed E-state index contributed by atoms with van der Waals surface area (Å²) in [5, 5.41) is 8.74. The summed E-state index contributed by atoms with van der Waals surface area (Å²) < 4.78 is 14.5. The van der Waals surface area contributed by atoms with Gasteiger partial charge >= 0.3 is 0 Å². The average molecular weight is 353 g/mol. The average Bonchev–Trinajstić information content (AvgIpc) is 2.52. The molecule has 1 aliphatic carbocycles. The lowest BCUT2D eigenvalue weighted by Gasteiger charge is -2.29. The summed E-state index contributed by atoms with van der Waals surface area (Å²) in [6.07, 6.45) is 4.44. The molecule has 1 saturated carbocycles. The number of aromatic nitrogens is 2. The second-order valence-corrected chi connectivity index (χ2v) is 7.18. The van der Waals surface area contributed by atoms with Gasteiger partial charge in [0, 0.05) is 11.1 Å². The molecule has 1 heterocycles. The van der Waals surface area contributed by atoms with Gasteiger partial charge in [0.05, 0.1) is 10.7 Å². The predicted octanol–water partition coefficient (Wildman–Crippen LogP) is 6.19. The number of aryl methyl sites for hydroxylation is 1. The smallest absolute Gasteiger partial charge is 0.159 e. The molecule has 1 aliphatic rings. The fraction of sp³-hybridized carbons (Fsp3) is 0.444. The van der Waals surface area contributed by atoms with E-state index in [1.165, 1.54) is 6.07 Å². The molecule has 0 unspecified atom stereocenters. The molecular weight excluding hydrogens is 334 g/mol. The van der Waals surface area contributed by atoms with Gasteiger partial charge in [0.25, 0.3) is 0 Å². The van der Waals surface area contributed by atoms with Crippen LogP contribution in [0, 0.1) is 18.7 Å². The van der Waals surface area contributed by atoms with Gasteiger partial charge in [-0.05, 0) is 49.3 Å². The SMILES string of the molecule is Cc1nnc(Cl)c(-c2c(F)cccc2Cl)c1C1CCC(C)CC1. The Balaban J connectivity index is 2.19.